The van der Waals surface area contributed by atoms with Gasteiger partial charge in [-0.2, -0.15) is 0 Å². The zero-order valence-corrected chi connectivity index (χ0v) is 22.5. The van der Waals surface area contributed by atoms with Gasteiger partial charge >= 0.3 is 11.9 Å². The van der Waals surface area contributed by atoms with Crippen molar-refractivity contribution in [2.45, 2.75) is 94.7 Å². The fourth-order valence-electron chi connectivity index (χ4n) is 4.03. The highest BCUT2D eigenvalue weighted by atomic mass is 32.2. The molecule has 1 aliphatic carbocycles. The normalized spacial score (nSPS) is 13.6. The zero-order chi connectivity index (χ0) is 25.5. The van der Waals surface area contributed by atoms with E-state index in [1.54, 1.807) is 6.07 Å². The number of carboxylic acid groups (broad SMARTS) is 1. The number of nitrogens with one attached hydrogen (secondary N) is 1. The molecule has 1 aromatic heterocycles. The van der Waals surface area contributed by atoms with Gasteiger partial charge in [0.1, 0.15) is 4.21 Å². The van der Waals surface area contributed by atoms with Crippen LogP contribution in [0.1, 0.15) is 88.9 Å². The maximum atomic E-state index is 12.7. The van der Waals surface area contributed by atoms with E-state index in [4.69, 9.17) is 0 Å². The number of nitrogens with zero attached hydrogens (tertiary/aromatic N) is 1. The molecule has 2 N–H and O–H groups in total. The van der Waals surface area contributed by atoms with Gasteiger partial charge in [0.25, 0.3) is 0 Å². The first-order chi connectivity index (χ1) is 16.8. The SMILES string of the molecule is CCCCCCCCCCCCNS(=O)(=O)c1ccc(CN(CC2=CC=CCC2)C(=O)C(=O)O)s1. The van der Waals surface area contributed by atoms with Crippen LogP contribution in [0.4, 0.5) is 0 Å². The maximum absolute atomic E-state index is 12.7. The van der Waals surface area contributed by atoms with Gasteiger partial charge < -0.3 is 10.0 Å². The van der Waals surface area contributed by atoms with Crippen molar-refractivity contribution in [3.8, 4) is 0 Å². The van der Waals surface area contributed by atoms with E-state index in [1.165, 1.54) is 55.9 Å². The Labute approximate surface area is 214 Å². The Morgan fingerprint density at radius 1 is 1.00 bits per heavy atom. The Kier molecular flexibility index (Phi) is 13.3. The van der Waals surface area contributed by atoms with E-state index in [1.807, 2.05) is 18.2 Å². The van der Waals surface area contributed by atoms with Crippen LogP contribution in [-0.4, -0.2) is 43.4 Å². The van der Waals surface area contributed by atoms with Gasteiger partial charge in [-0.1, -0.05) is 88.5 Å². The Morgan fingerprint density at radius 3 is 2.26 bits per heavy atom. The number of aliphatic carboxylic acids is 1. The minimum absolute atomic E-state index is 0.0603. The molecular formula is C26H40N2O5S2. The summed E-state index contributed by atoms with van der Waals surface area (Å²) < 4.78 is 28.2. The molecule has 7 nitrogen and oxygen atoms in total. The van der Waals surface area contributed by atoms with E-state index in [9.17, 15) is 23.1 Å². The van der Waals surface area contributed by atoms with E-state index in [2.05, 4.69) is 11.6 Å². The van der Waals surface area contributed by atoms with Gasteiger partial charge in [0.05, 0.1) is 6.54 Å². The Bertz CT molecular complexity index is 966. The number of allylic oxidation sites excluding steroid dienone is 3. The van der Waals surface area contributed by atoms with Gasteiger partial charge in [-0.3, -0.25) is 4.79 Å². The minimum atomic E-state index is -3.62. The lowest BCUT2D eigenvalue weighted by molar-refractivity contribution is -0.156. The third-order valence-corrected chi connectivity index (χ3v) is 9.06. The number of rotatable bonds is 17. The Morgan fingerprint density at radius 2 is 1.66 bits per heavy atom. The van der Waals surface area contributed by atoms with Crippen molar-refractivity contribution in [3.63, 3.8) is 0 Å². The van der Waals surface area contributed by atoms with Crippen molar-refractivity contribution in [3.05, 3.63) is 40.8 Å². The molecule has 35 heavy (non-hydrogen) atoms. The van der Waals surface area contributed by atoms with Crippen molar-refractivity contribution in [1.82, 2.24) is 9.62 Å². The second kappa shape index (κ2) is 15.9. The lowest BCUT2D eigenvalue weighted by Crippen LogP contribution is -2.37. The summed E-state index contributed by atoms with van der Waals surface area (Å²) in [5.74, 6) is -2.50. The summed E-state index contributed by atoms with van der Waals surface area (Å²) in [6.45, 7) is 2.90. The predicted octanol–water partition coefficient (Wildman–Crippen LogP) is 5.64. The monoisotopic (exact) mass is 524 g/mol. The molecule has 0 atom stereocenters. The largest absolute Gasteiger partial charge is 0.474 e. The lowest BCUT2D eigenvalue weighted by Gasteiger charge is -2.22. The standard InChI is InChI=1S/C26H40N2O5S2/c1-2-3-4-5-6-7-8-9-10-14-19-27-35(32,33)24-18-17-23(34-24)21-28(25(29)26(30)31)20-22-15-12-11-13-16-22/h11-12,15,17-18,27H,2-10,13-14,16,19-21H2,1H3,(H,30,31). The molecule has 0 saturated heterocycles. The molecule has 0 unspecified atom stereocenters. The van der Waals surface area contributed by atoms with E-state index in [0.717, 1.165) is 49.0 Å². The fraction of sp³-hybridized carbons (Fsp3) is 0.615. The van der Waals surface area contributed by atoms with Crippen LogP contribution in [0.25, 0.3) is 0 Å². The van der Waals surface area contributed by atoms with Gasteiger partial charge in [-0.25, -0.2) is 17.9 Å². The van der Waals surface area contributed by atoms with Crippen LogP contribution in [0.5, 0.6) is 0 Å². The molecule has 0 fully saturated rings. The predicted molar refractivity (Wildman–Crippen MR) is 141 cm³/mol. The van der Waals surface area contributed by atoms with Crippen LogP contribution in [0.15, 0.2) is 40.1 Å². The van der Waals surface area contributed by atoms with E-state index in [-0.39, 0.29) is 17.3 Å². The van der Waals surface area contributed by atoms with E-state index in [0.29, 0.717) is 11.4 Å². The number of thiophene rings is 1. The number of sulfonamides is 1. The van der Waals surface area contributed by atoms with Gasteiger partial charge in [0.15, 0.2) is 0 Å². The van der Waals surface area contributed by atoms with Crippen LogP contribution in [0, 0.1) is 0 Å². The number of carbonyl (C=O) groups is 2. The van der Waals surface area contributed by atoms with Gasteiger partial charge in [-0.15, -0.1) is 11.3 Å². The fourth-order valence-corrected chi connectivity index (χ4v) is 6.52. The maximum Gasteiger partial charge on any atom is 0.394 e. The summed E-state index contributed by atoms with van der Waals surface area (Å²) in [6, 6.07) is 3.17. The molecule has 0 spiro atoms. The molecule has 1 amide bonds. The molecule has 1 aromatic rings. The molecule has 0 radical (unpaired) electrons. The van der Waals surface area contributed by atoms with Gasteiger partial charge in [-0.05, 0) is 31.4 Å². The third-order valence-electron chi connectivity index (χ3n) is 6.04. The molecule has 1 heterocycles. The first-order valence-electron chi connectivity index (χ1n) is 12.8. The zero-order valence-electron chi connectivity index (χ0n) is 20.8. The molecule has 0 saturated carbocycles. The lowest BCUT2D eigenvalue weighted by atomic mass is 10.0. The molecular weight excluding hydrogens is 484 g/mol. The average molecular weight is 525 g/mol. The number of hydrogen-bond donors (Lipinski definition) is 2. The summed E-state index contributed by atoms with van der Waals surface area (Å²) in [4.78, 5) is 25.4. The molecule has 196 valence electrons. The van der Waals surface area contributed by atoms with Crippen LogP contribution in [0.3, 0.4) is 0 Å². The Hall–Kier alpha value is -1.97. The van der Waals surface area contributed by atoms with Gasteiger partial charge in [0.2, 0.25) is 10.0 Å². The number of unbranched alkanes of at least 4 members (excludes halogenated alkanes) is 9. The second-order valence-electron chi connectivity index (χ2n) is 9.06. The molecule has 0 aromatic carbocycles. The average Bonchev–Trinajstić information content (AvgIpc) is 3.32. The first kappa shape index (κ1) is 29.3. The second-order valence-corrected chi connectivity index (χ2v) is 12.2. The summed E-state index contributed by atoms with van der Waals surface area (Å²) in [7, 11) is -3.62. The van der Waals surface area contributed by atoms with Crippen molar-refractivity contribution < 1.29 is 23.1 Å². The number of carbonyl (C=O) groups excluding carboxylic acids is 1. The van der Waals surface area contributed by atoms with Crippen molar-refractivity contribution >= 4 is 33.2 Å². The quantitative estimate of drug-likeness (QED) is 0.203. The van der Waals surface area contributed by atoms with E-state index >= 15 is 0 Å². The highest BCUT2D eigenvalue weighted by Gasteiger charge is 2.24. The summed E-state index contributed by atoms with van der Waals surface area (Å²) in [5, 5.41) is 9.20. The number of carboxylic acids is 1. The highest BCUT2D eigenvalue weighted by molar-refractivity contribution is 7.91. The van der Waals surface area contributed by atoms with Crippen LogP contribution < -0.4 is 4.72 Å². The summed E-state index contributed by atoms with van der Waals surface area (Å²) >= 11 is 1.07. The molecule has 0 bridgehead atoms. The smallest absolute Gasteiger partial charge is 0.394 e. The number of hydrogen-bond acceptors (Lipinski definition) is 5. The summed E-state index contributed by atoms with van der Waals surface area (Å²) in [5.41, 5.74) is 0.977. The van der Waals surface area contributed by atoms with Crippen LogP contribution >= 0.6 is 11.3 Å². The molecule has 9 heteroatoms. The highest BCUT2D eigenvalue weighted by Crippen LogP contribution is 2.24. The first-order valence-corrected chi connectivity index (χ1v) is 15.1. The van der Waals surface area contributed by atoms with Crippen molar-refractivity contribution in [2.24, 2.45) is 0 Å². The van der Waals surface area contributed by atoms with Gasteiger partial charge in [0, 0.05) is 18.0 Å². The molecule has 2 rings (SSSR count). The molecule has 0 aliphatic heterocycles. The topological polar surface area (TPSA) is 104 Å². The van der Waals surface area contributed by atoms with Crippen LogP contribution in [0.2, 0.25) is 0 Å². The van der Waals surface area contributed by atoms with E-state index < -0.39 is 21.9 Å². The number of amides is 1. The minimum Gasteiger partial charge on any atom is -0.474 e. The summed E-state index contributed by atoms with van der Waals surface area (Å²) in [6.07, 6.45) is 19.3. The third kappa shape index (κ3) is 11.1. The van der Waals surface area contributed by atoms with Crippen molar-refractivity contribution in [2.75, 3.05) is 13.1 Å². The molecule has 1 aliphatic rings. The Balaban J connectivity index is 1.78. The van der Waals surface area contributed by atoms with Crippen LogP contribution in [-0.2, 0) is 26.2 Å². The van der Waals surface area contributed by atoms with Crippen molar-refractivity contribution in [1.29, 1.82) is 0 Å².